The molecule has 1 aliphatic carbocycles. The van der Waals surface area contributed by atoms with Crippen LogP contribution in [0.4, 0.5) is 13.2 Å². The summed E-state index contributed by atoms with van der Waals surface area (Å²) in [7, 11) is 0. The van der Waals surface area contributed by atoms with Crippen molar-refractivity contribution in [2.24, 2.45) is 0 Å². The minimum absolute atomic E-state index is 0.0104. The lowest BCUT2D eigenvalue weighted by atomic mass is 10.1. The Morgan fingerprint density at radius 1 is 1.08 bits per heavy atom. The van der Waals surface area contributed by atoms with Crippen LogP contribution in [0, 0.1) is 6.92 Å². The molecular weight excluding hydrogens is 401 g/mol. The highest BCUT2D eigenvalue weighted by molar-refractivity contribution is 7.99. The molecule has 7 heteroatoms. The molecule has 0 bridgehead atoms. The number of aryl methyl sites for hydroxylation is 1. The van der Waals surface area contributed by atoms with Crippen LogP contribution in [0.25, 0.3) is 0 Å². The fraction of sp³-hybridized carbons (Fsp3) is 0.368. The maximum absolute atomic E-state index is 14.4. The minimum Gasteiger partial charge on any atom is -0.382 e. The number of benzene rings is 2. The Kier molecular flexibility index (Phi) is 6.99. The Balaban J connectivity index is 0.00000117. The highest BCUT2D eigenvalue weighted by Crippen LogP contribution is 2.57. The van der Waals surface area contributed by atoms with E-state index >= 15 is 0 Å². The van der Waals surface area contributed by atoms with Crippen molar-refractivity contribution in [1.82, 2.24) is 0 Å². The lowest BCUT2D eigenvalue weighted by molar-refractivity contribution is -0.144. The summed E-state index contributed by atoms with van der Waals surface area (Å²) in [6.45, 7) is 5.87. The molecule has 0 aromatic heterocycles. The van der Waals surface area contributed by atoms with Crippen molar-refractivity contribution >= 4 is 35.1 Å². The second-order valence-corrected chi connectivity index (χ2v) is 8.00. The lowest BCUT2D eigenvalue weighted by Crippen LogP contribution is -2.24. The van der Waals surface area contributed by atoms with Crippen molar-refractivity contribution < 1.29 is 18.3 Å². The lowest BCUT2D eigenvalue weighted by Gasteiger charge is -2.16. The number of halogens is 4. The van der Waals surface area contributed by atoms with E-state index in [0.717, 1.165) is 10.5 Å². The van der Waals surface area contributed by atoms with Crippen LogP contribution in [0.5, 0.6) is 0 Å². The standard InChI is InChI=1S/C17H14ClF3OS2.C2H6/c1-8-5-9(18)7-10(6-8)24-12-4-3-11(23-2)14-13(12)15(19)17(20,21)16(14)22;1-2/h3-7,15-16,22H,1-2H3;1-2H3. The zero-order chi connectivity index (χ0) is 19.6. The first-order chi connectivity index (χ1) is 12.3. The Labute approximate surface area is 165 Å². The third-order valence-corrected chi connectivity index (χ3v) is 5.96. The number of aliphatic hydroxyl groups excluding tert-OH is 1. The fourth-order valence-corrected chi connectivity index (χ4v) is 4.96. The first-order valence-electron chi connectivity index (χ1n) is 8.11. The van der Waals surface area contributed by atoms with Crippen LogP contribution in [0.15, 0.2) is 45.0 Å². The first kappa shape index (κ1) is 21.5. The molecule has 1 nitrogen and oxygen atoms in total. The Morgan fingerprint density at radius 2 is 1.69 bits per heavy atom. The van der Waals surface area contributed by atoms with Gasteiger partial charge in [-0.05, 0) is 49.1 Å². The second kappa shape index (κ2) is 8.46. The van der Waals surface area contributed by atoms with E-state index in [4.69, 9.17) is 11.6 Å². The number of hydrogen-bond donors (Lipinski definition) is 1. The topological polar surface area (TPSA) is 20.2 Å². The van der Waals surface area contributed by atoms with E-state index < -0.39 is 18.2 Å². The van der Waals surface area contributed by atoms with Gasteiger partial charge in [0.05, 0.1) is 0 Å². The van der Waals surface area contributed by atoms with Gasteiger partial charge in [0.1, 0.15) is 6.10 Å². The van der Waals surface area contributed by atoms with Crippen LogP contribution < -0.4 is 0 Å². The van der Waals surface area contributed by atoms with E-state index in [1.54, 1.807) is 30.5 Å². The Morgan fingerprint density at radius 3 is 2.27 bits per heavy atom. The van der Waals surface area contributed by atoms with Crippen molar-refractivity contribution in [2.45, 2.75) is 53.7 Å². The molecule has 3 rings (SSSR count). The van der Waals surface area contributed by atoms with Gasteiger partial charge in [-0.1, -0.05) is 37.2 Å². The highest BCUT2D eigenvalue weighted by atomic mass is 35.5. The molecule has 0 heterocycles. The molecule has 0 radical (unpaired) electrons. The van der Waals surface area contributed by atoms with Gasteiger partial charge in [0.25, 0.3) is 0 Å². The summed E-state index contributed by atoms with van der Waals surface area (Å²) in [6, 6.07) is 8.59. The summed E-state index contributed by atoms with van der Waals surface area (Å²) in [5.41, 5.74) is 0.787. The SMILES string of the molecule is CC.CSc1ccc(Sc2cc(C)cc(Cl)c2)c2c1C(O)C(F)(F)C2F. The van der Waals surface area contributed by atoms with Gasteiger partial charge < -0.3 is 5.11 Å². The van der Waals surface area contributed by atoms with E-state index in [1.165, 1.54) is 23.5 Å². The van der Waals surface area contributed by atoms with E-state index in [2.05, 4.69) is 0 Å². The molecule has 2 aromatic carbocycles. The van der Waals surface area contributed by atoms with Crippen molar-refractivity contribution in [3.05, 3.63) is 52.0 Å². The molecule has 0 saturated heterocycles. The Hall–Kier alpha value is -0.820. The molecule has 1 aliphatic rings. The van der Waals surface area contributed by atoms with Gasteiger partial charge in [0, 0.05) is 30.8 Å². The number of rotatable bonds is 3. The average molecular weight is 421 g/mol. The van der Waals surface area contributed by atoms with Crippen molar-refractivity contribution in [1.29, 1.82) is 0 Å². The molecule has 0 saturated carbocycles. The van der Waals surface area contributed by atoms with Crippen LogP contribution in [0.3, 0.4) is 0 Å². The van der Waals surface area contributed by atoms with Gasteiger partial charge in [-0.2, -0.15) is 8.78 Å². The van der Waals surface area contributed by atoms with Gasteiger partial charge in [-0.15, -0.1) is 11.8 Å². The molecule has 1 N–H and O–H groups in total. The largest absolute Gasteiger partial charge is 0.382 e. The summed E-state index contributed by atoms with van der Waals surface area (Å²) in [5.74, 6) is -3.83. The number of fused-ring (bicyclic) bond motifs is 1. The quantitative estimate of drug-likeness (QED) is 0.528. The van der Waals surface area contributed by atoms with E-state index in [0.29, 0.717) is 14.8 Å². The average Bonchev–Trinajstić information content (AvgIpc) is 2.77. The predicted molar refractivity (Wildman–Crippen MR) is 104 cm³/mol. The zero-order valence-corrected chi connectivity index (χ0v) is 17.2. The summed E-state index contributed by atoms with van der Waals surface area (Å²) >= 11 is 8.41. The van der Waals surface area contributed by atoms with Crippen LogP contribution in [0.1, 0.15) is 42.8 Å². The summed E-state index contributed by atoms with van der Waals surface area (Å²) in [4.78, 5) is 1.56. The van der Waals surface area contributed by atoms with Gasteiger partial charge in [0.15, 0.2) is 6.17 Å². The van der Waals surface area contributed by atoms with E-state index in [1.807, 2.05) is 26.8 Å². The van der Waals surface area contributed by atoms with Crippen LogP contribution >= 0.6 is 35.1 Å². The number of hydrogen-bond acceptors (Lipinski definition) is 3. The predicted octanol–water partition coefficient (Wildman–Crippen LogP) is 7.24. The molecule has 2 unspecified atom stereocenters. The van der Waals surface area contributed by atoms with Crippen LogP contribution in [-0.2, 0) is 0 Å². The molecule has 0 fully saturated rings. The third-order valence-electron chi connectivity index (χ3n) is 3.90. The van der Waals surface area contributed by atoms with E-state index in [-0.39, 0.29) is 11.1 Å². The maximum atomic E-state index is 14.4. The monoisotopic (exact) mass is 420 g/mol. The summed E-state index contributed by atoms with van der Waals surface area (Å²) < 4.78 is 42.5. The fourth-order valence-electron chi connectivity index (χ4n) is 2.82. The van der Waals surface area contributed by atoms with E-state index in [9.17, 15) is 18.3 Å². The third kappa shape index (κ3) is 3.88. The Bertz CT molecular complexity index is 778. The molecule has 0 aliphatic heterocycles. The number of aliphatic hydroxyl groups is 1. The second-order valence-electron chi connectivity index (χ2n) is 5.60. The molecule has 2 atom stereocenters. The van der Waals surface area contributed by atoms with Crippen LogP contribution in [0.2, 0.25) is 5.02 Å². The normalized spacial score (nSPS) is 20.3. The molecular formula is C19H20ClF3OS2. The zero-order valence-electron chi connectivity index (χ0n) is 14.8. The van der Waals surface area contributed by atoms with Gasteiger partial charge in [-0.25, -0.2) is 4.39 Å². The van der Waals surface area contributed by atoms with Gasteiger partial charge >= 0.3 is 5.92 Å². The maximum Gasteiger partial charge on any atom is 0.312 e. The number of alkyl halides is 3. The van der Waals surface area contributed by atoms with Crippen molar-refractivity contribution in [2.75, 3.05) is 6.26 Å². The smallest absolute Gasteiger partial charge is 0.312 e. The highest BCUT2D eigenvalue weighted by Gasteiger charge is 2.57. The number of thioether (sulfide) groups is 1. The molecule has 0 amide bonds. The van der Waals surface area contributed by atoms with Crippen molar-refractivity contribution in [3.8, 4) is 0 Å². The molecule has 142 valence electrons. The minimum atomic E-state index is -3.83. The van der Waals surface area contributed by atoms with Crippen molar-refractivity contribution in [3.63, 3.8) is 0 Å². The van der Waals surface area contributed by atoms with Gasteiger partial charge in [-0.3, -0.25) is 0 Å². The first-order valence-corrected chi connectivity index (χ1v) is 10.5. The summed E-state index contributed by atoms with van der Waals surface area (Å²) in [6.07, 6.45) is -2.96. The molecule has 2 aromatic rings. The molecule has 26 heavy (non-hydrogen) atoms. The van der Waals surface area contributed by atoms with Gasteiger partial charge in [0.2, 0.25) is 0 Å². The summed E-state index contributed by atoms with van der Waals surface area (Å²) in [5, 5.41) is 10.5. The van der Waals surface area contributed by atoms with Crippen LogP contribution in [-0.4, -0.2) is 17.3 Å². The molecule has 0 spiro atoms.